The fraction of sp³-hybridized carbons (Fsp3) is 0.211. The fourth-order valence-electron chi connectivity index (χ4n) is 3.55. The largest absolute Gasteiger partial charge is 0.372 e. The Balaban J connectivity index is 2.04. The second kappa shape index (κ2) is 4.70. The SMILES string of the molecule is CCc1ccc2c(c1)[C@@](O)(c1c(C)[nH]c3ccccc13)C(=O)N2. The summed E-state index contributed by atoms with van der Waals surface area (Å²) >= 11 is 0. The maximum atomic E-state index is 12.7. The predicted molar refractivity (Wildman–Crippen MR) is 90.5 cm³/mol. The van der Waals surface area contributed by atoms with Crippen LogP contribution in [-0.2, 0) is 16.8 Å². The molecule has 0 fully saturated rings. The monoisotopic (exact) mass is 306 g/mol. The van der Waals surface area contributed by atoms with Crippen LogP contribution in [-0.4, -0.2) is 16.0 Å². The molecule has 0 aliphatic carbocycles. The Morgan fingerprint density at radius 3 is 2.74 bits per heavy atom. The summed E-state index contributed by atoms with van der Waals surface area (Å²) in [5.41, 5.74) is 3.10. The third-order valence-corrected chi connectivity index (χ3v) is 4.71. The van der Waals surface area contributed by atoms with Crippen molar-refractivity contribution < 1.29 is 9.90 Å². The van der Waals surface area contributed by atoms with Gasteiger partial charge >= 0.3 is 0 Å². The van der Waals surface area contributed by atoms with Crippen molar-refractivity contribution in [3.63, 3.8) is 0 Å². The lowest BCUT2D eigenvalue weighted by Gasteiger charge is -2.22. The summed E-state index contributed by atoms with van der Waals surface area (Å²) in [7, 11) is 0. The summed E-state index contributed by atoms with van der Waals surface area (Å²) in [5.74, 6) is -0.395. The van der Waals surface area contributed by atoms with Crippen LogP contribution < -0.4 is 5.32 Å². The lowest BCUT2D eigenvalue weighted by atomic mass is 9.85. The smallest absolute Gasteiger partial charge is 0.265 e. The Kier molecular flexibility index (Phi) is 2.87. The second-order valence-corrected chi connectivity index (χ2v) is 6.07. The molecule has 4 rings (SSSR count). The van der Waals surface area contributed by atoms with Gasteiger partial charge in [0.05, 0.1) is 0 Å². The van der Waals surface area contributed by atoms with Crippen molar-refractivity contribution in [1.82, 2.24) is 4.98 Å². The molecule has 23 heavy (non-hydrogen) atoms. The van der Waals surface area contributed by atoms with E-state index in [2.05, 4.69) is 17.2 Å². The number of benzene rings is 2. The van der Waals surface area contributed by atoms with Crippen molar-refractivity contribution in [2.75, 3.05) is 5.32 Å². The van der Waals surface area contributed by atoms with E-state index in [-0.39, 0.29) is 0 Å². The Hall–Kier alpha value is -2.59. The Labute approximate surface area is 134 Å². The van der Waals surface area contributed by atoms with Crippen LogP contribution in [0.3, 0.4) is 0 Å². The van der Waals surface area contributed by atoms with Crippen LogP contribution in [0.5, 0.6) is 0 Å². The van der Waals surface area contributed by atoms with Crippen LogP contribution in [0.1, 0.15) is 29.3 Å². The van der Waals surface area contributed by atoms with Crippen molar-refractivity contribution in [2.24, 2.45) is 0 Å². The number of rotatable bonds is 2. The molecule has 1 aromatic heterocycles. The van der Waals surface area contributed by atoms with E-state index in [0.29, 0.717) is 16.8 Å². The van der Waals surface area contributed by atoms with Crippen molar-refractivity contribution in [3.8, 4) is 0 Å². The van der Waals surface area contributed by atoms with Crippen LogP contribution in [0.4, 0.5) is 5.69 Å². The second-order valence-electron chi connectivity index (χ2n) is 6.07. The highest BCUT2D eigenvalue weighted by Gasteiger charge is 2.49. The normalized spacial score (nSPS) is 19.9. The predicted octanol–water partition coefficient (Wildman–Crippen LogP) is 3.23. The third-order valence-electron chi connectivity index (χ3n) is 4.71. The minimum Gasteiger partial charge on any atom is -0.372 e. The van der Waals surface area contributed by atoms with Gasteiger partial charge in [-0.1, -0.05) is 31.2 Å². The highest BCUT2D eigenvalue weighted by atomic mass is 16.3. The molecule has 3 N–H and O–H groups in total. The van der Waals surface area contributed by atoms with Crippen molar-refractivity contribution in [1.29, 1.82) is 0 Å². The molecule has 2 heterocycles. The lowest BCUT2D eigenvalue weighted by Crippen LogP contribution is -2.35. The number of carbonyl (C=O) groups is 1. The van der Waals surface area contributed by atoms with Gasteiger partial charge in [-0.25, -0.2) is 0 Å². The summed E-state index contributed by atoms with van der Waals surface area (Å²) in [5, 5.41) is 15.1. The van der Waals surface area contributed by atoms with Crippen molar-refractivity contribution in [2.45, 2.75) is 25.9 Å². The van der Waals surface area contributed by atoms with Gasteiger partial charge in [-0.2, -0.15) is 0 Å². The van der Waals surface area contributed by atoms with Gasteiger partial charge in [0.25, 0.3) is 5.91 Å². The summed E-state index contributed by atoms with van der Waals surface area (Å²) < 4.78 is 0. The molecule has 0 spiro atoms. The molecule has 0 unspecified atom stereocenters. The van der Waals surface area contributed by atoms with Crippen molar-refractivity contribution in [3.05, 3.63) is 64.8 Å². The average Bonchev–Trinajstić information content (AvgIpc) is 3.02. The number of anilines is 1. The Morgan fingerprint density at radius 1 is 1.17 bits per heavy atom. The Bertz CT molecular complexity index is 942. The van der Waals surface area contributed by atoms with Gasteiger partial charge in [-0.05, 0) is 37.1 Å². The van der Waals surface area contributed by atoms with E-state index in [1.165, 1.54) is 0 Å². The summed E-state index contributed by atoms with van der Waals surface area (Å²) in [6.45, 7) is 3.95. The molecule has 0 bridgehead atoms. The van der Waals surface area contributed by atoms with Gasteiger partial charge < -0.3 is 15.4 Å². The Morgan fingerprint density at radius 2 is 1.96 bits per heavy atom. The summed E-state index contributed by atoms with van der Waals surface area (Å²) in [4.78, 5) is 15.9. The van der Waals surface area contributed by atoms with Crippen molar-refractivity contribution >= 4 is 22.5 Å². The first kappa shape index (κ1) is 14.0. The lowest BCUT2D eigenvalue weighted by molar-refractivity contribution is -0.129. The number of nitrogens with one attached hydrogen (secondary N) is 2. The minimum absolute atomic E-state index is 0.395. The van der Waals surface area contributed by atoms with Gasteiger partial charge in [0, 0.05) is 33.4 Å². The molecule has 1 aliphatic heterocycles. The molecule has 1 atom stereocenters. The molecule has 2 aromatic carbocycles. The van der Waals surface area contributed by atoms with E-state index in [1.807, 2.05) is 49.4 Å². The number of fused-ring (bicyclic) bond motifs is 2. The average molecular weight is 306 g/mol. The zero-order valence-electron chi connectivity index (χ0n) is 13.1. The quantitative estimate of drug-likeness (QED) is 0.680. The molecular weight excluding hydrogens is 288 g/mol. The number of aliphatic hydroxyl groups is 1. The van der Waals surface area contributed by atoms with Gasteiger partial charge in [-0.3, -0.25) is 4.79 Å². The molecule has 4 nitrogen and oxygen atoms in total. The molecule has 0 radical (unpaired) electrons. The standard InChI is InChI=1S/C19H18N2O2/c1-3-12-8-9-16-14(10-12)19(23,18(22)21-16)17-11(2)20-15-7-5-4-6-13(15)17/h4-10,20,23H,3H2,1-2H3,(H,21,22)/t19-/m1/s1. The molecule has 116 valence electrons. The van der Waals surface area contributed by atoms with E-state index in [4.69, 9.17) is 0 Å². The number of hydrogen-bond acceptors (Lipinski definition) is 2. The van der Waals surface area contributed by atoms with E-state index in [0.717, 1.165) is 28.6 Å². The first-order valence-corrected chi connectivity index (χ1v) is 7.80. The first-order valence-electron chi connectivity index (χ1n) is 7.80. The number of aromatic amines is 1. The number of H-pyrrole nitrogens is 1. The molecule has 1 aliphatic rings. The third kappa shape index (κ3) is 1.79. The number of aromatic nitrogens is 1. The van der Waals surface area contributed by atoms with E-state index >= 15 is 0 Å². The van der Waals surface area contributed by atoms with Crippen LogP contribution in [0, 0.1) is 6.92 Å². The highest BCUT2D eigenvalue weighted by Crippen LogP contribution is 2.45. The van der Waals surface area contributed by atoms with Crippen LogP contribution >= 0.6 is 0 Å². The highest BCUT2D eigenvalue weighted by molar-refractivity contribution is 6.09. The van der Waals surface area contributed by atoms with Gasteiger partial charge in [-0.15, -0.1) is 0 Å². The van der Waals surface area contributed by atoms with E-state index < -0.39 is 11.5 Å². The molecule has 0 saturated carbocycles. The number of aryl methyl sites for hydroxylation is 2. The topological polar surface area (TPSA) is 65.1 Å². The first-order chi connectivity index (χ1) is 11.1. The molecule has 1 amide bonds. The number of amides is 1. The van der Waals surface area contributed by atoms with E-state index in [1.54, 1.807) is 0 Å². The maximum absolute atomic E-state index is 12.7. The molecule has 0 saturated heterocycles. The number of para-hydroxylation sites is 1. The molecule has 3 aromatic rings. The van der Waals surface area contributed by atoms with Gasteiger partial charge in [0.2, 0.25) is 0 Å². The maximum Gasteiger partial charge on any atom is 0.265 e. The van der Waals surface area contributed by atoms with Crippen LogP contribution in [0.2, 0.25) is 0 Å². The zero-order chi connectivity index (χ0) is 16.2. The minimum atomic E-state index is -1.66. The van der Waals surface area contributed by atoms with Gasteiger partial charge in [0.15, 0.2) is 5.60 Å². The van der Waals surface area contributed by atoms with Crippen LogP contribution in [0.15, 0.2) is 42.5 Å². The number of carbonyl (C=O) groups excluding carboxylic acids is 1. The number of hydrogen-bond donors (Lipinski definition) is 3. The van der Waals surface area contributed by atoms with E-state index in [9.17, 15) is 9.90 Å². The zero-order valence-corrected chi connectivity index (χ0v) is 13.1. The van der Waals surface area contributed by atoms with Gasteiger partial charge in [0.1, 0.15) is 0 Å². The summed E-state index contributed by atoms with van der Waals surface area (Å²) in [6, 6.07) is 13.5. The van der Waals surface area contributed by atoms with Crippen LogP contribution in [0.25, 0.3) is 10.9 Å². The summed E-state index contributed by atoms with van der Waals surface area (Å²) in [6.07, 6.45) is 0.852. The molecule has 4 heteroatoms. The fourth-order valence-corrected chi connectivity index (χ4v) is 3.55. The molecular formula is C19H18N2O2.